The number of nitrogens with zero attached hydrogens (tertiary/aromatic N) is 3. The first kappa shape index (κ1) is 23.1. The first-order valence-electron chi connectivity index (χ1n) is 11.6. The lowest BCUT2D eigenvalue weighted by Gasteiger charge is -2.34. The number of hydrogen-bond donors (Lipinski definition) is 1. The molecule has 0 saturated carbocycles. The van der Waals surface area contributed by atoms with Gasteiger partial charge in [0.1, 0.15) is 5.82 Å². The Bertz CT molecular complexity index is 1060. The highest BCUT2D eigenvalue weighted by Gasteiger charge is 2.17. The van der Waals surface area contributed by atoms with Crippen LogP contribution in [-0.4, -0.2) is 53.4 Å². The zero-order valence-corrected chi connectivity index (χ0v) is 19.1. The smallest absolute Gasteiger partial charge is 0.220 e. The van der Waals surface area contributed by atoms with Crippen molar-refractivity contribution in [1.29, 1.82) is 0 Å². The number of piperazine rings is 1. The first-order chi connectivity index (χ1) is 16.1. The van der Waals surface area contributed by atoms with Gasteiger partial charge in [-0.25, -0.2) is 9.37 Å². The summed E-state index contributed by atoms with van der Waals surface area (Å²) >= 11 is 0. The second-order valence-corrected chi connectivity index (χ2v) is 8.35. The molecular weight excluding hydrogens is 419 g/mol. The molecule has 6 nitrogen and oxygen atoms in total. The van der Waals surface area contributed by atoms with Crippen molar-refractivity contribution < 1.29 is 13.6 Å². The van der Waals surface area contributed by atoms with E-state index in [0.29, 0.717) is 30.2 Å². The van der Waals surface area contributed by atoms with Gasteiger partial charge in [0, 0.05) is 52.1 Å². The van der Waals surface area contributed by atoms with Crippen LogP contribution in [0.4, 0.5) is 4.39 Å². The van der Waals surface area contributed by atoms with Gasteiger partial charge in [0.15, 0.2) is 11.7 Å². The summed E-state index contributed by atoms with van der Waals surface area (Å²) in [5, 5.41) is 3.02. The van der Waals surface area contributed by atoms with E-state index in [2.05, 4.69) is 45.2 Å². The van der Waals surface area contributed by atoms with Crippen LogP contribution in [-0.2, 0) is 24.3 Å². The molecule has 1 amide bonds. The van der Waals surface area contributed by atoms with Gasteiger partial charge in [-0.05, 0) is 29.8 Å². The predicted molar refractivity (Wildman–Crippen MR) is 126 cm³/mol. The first-order valence-corrected chi connectivity index (χ1v) is 11.6. The maximum Gasteiger partial charge on any atom is 0.220 e. The van der Waals surface area contributed by atoms with E-state index in [9.17, 15) is 9.18 Å². The van der Waals surface area contributed by atoms with Gasteiger partial charge in [0.05, 0.1) is 11.8 Å². The van der Waals surface area contributed by atoms with Crippen LogP contribution in [0.1, 0.15) is 30.4 Å². The summed E-state index contributed by atoms with van der Waals surface area (Å²) in [6, 6.07) is 14.7. The van der Waals surface area contributed by atoms with E-state index in [1.807, 2.05) is 6.07 Å². The van der Waals surface area contributed by atoms with Crippen molar-refractivity contribution in [3.05, 3.63) is 77.6 Å². The molecule has 0 atom stereocenters. The summed E-state index contributed by atoms with van der Waals surface area (Å²) in [5.74, 6) is 0.378. The molecule has 0 unspecified atom stereocenters. The van der Waals surface area contributed by atoms with Crippen molar-refractivity contribution >= 4 is 5.91 Å². The minimum Gasteiger partial charge on any atom is -0.441 e. The molecule has 3 aromatic rings. The number of aryl methyl sites for hydroxylation is 1. The number of nitrogens with one attached hydrogen (secondary N) is 1. The number of hydrogen-bond acceptors (Lipinski definition) is 5. The molecule has 33 heavy (non-hydrogen) atoms. The van der Waals surface area contributed by atoms with Crippen LogP contribution >= 0.6 is 0 Å². The maximum atomic E-state index is 13.9. The van der Waals surface area contributed by atoms with E-state index in [1.165, 1.54) is 17.8 Å². The quantitative estimate of drug-likeness (QED) is 0.536. The molecule has 0 radical (unpaired) electrons. The van der Waals surface area contributed by atoms with Gasteiger partial charge in [-0.2, -0.15) is 0 Å². The second-order valence-electron chi connectivity index (χ2n) is 8.35. The van der Waals surface area contributed by atoms with Gasteiger partial charge in [-0.3, -0.25) is 9.69 Å². The molecule has 0 bridgehead atoms. The highest BCUT2D eigenvalue weighted by Crippen LogP contribution is 2.23. The fourth-order valence-electron chi connectivity index (χ4n) is 4.10. The van der Waals surface area contributed by atoms with Crippen LogP contribution in [0.3, 0.4) is 0 Å². The summed E-state index contributed by atoms with van der Waals surface area (Å²) in [4.78, 5) is 21.6. The predicted octanol–water partition coefficient (Wildman–Crippen LogP) is 3.87. The highest BCUT2D eigenvalue weighted by molar-refractivity contribution is 5.76. The fraction of sp³-hybridized carbons (Fsp3) is 0.385. The van der Waals surface area contributed by atoms with Crippen molar-refractivity contribution in [1.82, 2.24) is 20.1 Å². The number of benzene rings is 2. The molecule has 4 rings (SSSR count). The van der Waals surface area contributed by atoms with E-state index in [-0.39, 0.29) is 18.1 Å². The molecule has 1 aliphatic rings. The van der Waals surface area contributed by atoms with E-state index in [0.717, 1.165) is 44.8 Å². The third-order valence-electron chi connectivity index (χ3n) is 6.16. The Hall–Kier alpha value is -3.03. The van der Waals surface area contributed by atoms with Crippen LogP contribution in [0.15, 0.2) is 59.1 Å². The molecule has 174 valence electrons. The van der Waals surface area contributed by atoms with Crippen molar-refractivity contribution in [2.75, 3.05) is 32.7 Å². The molecule has 0 spiro atoms. The minimum atomic E-state index is -0.358. The van der Waals surface area contributed by atoms with Gasteiger partial charge in [0.25, 0.3) is 0 Å². The number of halogens is 1. The molecule has 2 heterocycles. The number of carbonyl (C=O) groups excluding carboxylic acids is 1. The van der Waals surface area contributed by atoms with E-state index in [1.54, 1.807) is 18.2 Å². The van der Waals surface area contributed by atoms with E-state index < -0.39 is 0 Å². The van der Waals surface area contributed by atoms with Crippen LogP contribution in [0.2, 0.25) is 0 Å². The minimum absolute atomic E-state index is 0.0630. The molecule has 1 aromatic heterocycles. The molecular formula is C26H31FN4O2. The molecule has 2 aromatic carbocycles. The third-order valence-corrected chi connectivity index (χ3v) is 6.16. The number of likely N-dealkylation sites (N-methyl/N-ethyl adjacent to an activating group) is 1. The molecule has 0 aliphatic carbocycles. The summed E-state index contributed by atoms with van der Waals surface area (Å²) in [6.07, 6.45) is 2.13. The number of amides is 1. The molecule has 1 saturated heterocycles. The average molecular weight is 451 g/mol. The number of oxazole rings is 1. The van der Waals surface area contributed by atoms with Gasteiger partial charge < -0.3 is 14.6 Å². The van der Waals surface area contributed by atoms with Gasteiger partial charge in [-0.15, -0.1) is 0 Å². The summed E-state index contributed by atoms with van der Waals surface area (Å²) in [5.41, 5.74) is 2.76. The topological polar surface area (TPSA) is 61.6 Å². The average Bonchev–Trinajstić information content (AvgIpc) is 3.32. The standard InChI is InChI=1S/C26H31FN4O2/c1-2-30-13-15-31(16-14-30)19-21-8-4-3-7-20(21)17-28-25(32)11-12-26-29-18-24(33-26)22-9-5-6-10-23(22)27/h3-10,18H,2,11-17,19H2,1H3,(H,28,32). The summed E-state index contributed by atoms with van der Waals surface area (Å²) in [7, 11) is 0. The Kier molecular flexibility index (Phi) is 7.86. The van der Waals surface area contributed by atoms with Crippen LogP contribution in [0, 0.1) is 5.82 Å². The lowest BCUT2D eigenvalue weighted by molar-refractivity contribution is -0.121. The highest BCUT2D eigenvalue weighted by atomic mass is 19.1. The van der Waals surface area contributed by atoms with Crippen molar-refractivity contribution in [3.8, 4) is 11.3 Å². The van der Waals surface area contributed by atoms with Crippen LogP contribution in [0.5, 0.6) is 0 Å². The normalized spacial score (nSPS) is 15.0. The number of carbonyl (C=O) groups is 1. The third kappa shape index (κ3) is 6.27. The zero-order chi connectivity index (χ0) is 23.0. The molecule has 1 N–H and O–H groups in total. The second kappa shape index (κ2) is 11.2. The zero-order valence-electron chi connectivity index (χ0n) is 19.1. The Morgan fingerprint density at radius 1 is 1.03 bits per heavy atom. The molecule has 7 heteroatoms. The Balaban J connectivity index is 1.26. The Morgan fingerprint density at radius 3 is 2.48 bits per heavy atom. The Morgan fingerprint density at radius 2 is 1.73 bits per heavy atom. The van der Waals surface area contributed by atoms with Crippen molar-refractivity contribution in [2.24, 2.45) is 0 Å². The monoisotopic (exact) mass is 450 g/mol. The lowest BCUT2D eigenvalue weighted by atomic mass is 10.1. The summed E-state index contributed by atoms with van der Waals surface area (Å²) in [6.45, 7) is 9.06. The SMILES string of the molecule is CCN1CCN(Cc2ccccc2CNC(=O)CCc2ncc(-c3ccccc3F)o2)CC1. The fourth-order valence-corrected chi connectivity index (χ4v) is 4.10. The van der Waals surface area contributed by atoms with Crippen LogP contribution < -0.4 is 5.32 Å². The van der Waals surface area contributed by atoms with Crippen molar-refractivity contribution in [3.63, 3.8) is 0 Å². The van der Waals surface area contributed by atoms with Gasteiger partial charge in [-0.1, -0.05) is 43.3 Å². The number of aromatic nitrogens is 1. The van der Waals surface area contributed by atoms with Gasteiger partial charge in [0.2, 0.25) is 5.91 Å². The van der Waals surface area contributed by atoms with E-state index in [4.69, 9.17) is 4.42 Å². The molecule has 1 aliphatic heterocycles. The number of rotatable bonds is 9. The maximum absolute atomic E-state index is 13.9. The summed E-state index contributed by atoms with van der Waals surface area (Å²) < 4.78 is 19.6. The van der Waals surface area contributed by atoms with Crippen molar-refractivity contribution in [2.45, 2.75) is 32.9 Å². The Labute approximate surface area is 194 Å². The lowest BCUT2D eigenvalue weighted by Crippen LogP contribution is -2.45. The largest absolute Gasteiger partial charge is 0.441 e. The van der Waals surface area contributed by atoms with Crippen LogP contribution in [0.25, 0.3) is 11.3 Å². The van der Waals surface area contributed by atoms with E-state index >= 15 is 0 Å². The van der Waals surface area contributed by atoms with Gasteiger partial charge >= 0.3 is 0 Å². The molecule has 1 fully saturated rings.